The first-order chi connectivity index (χ1) is 12.2. The number of piperidine rings is 1. The molecule has 0 amide bonds. The van der Waals surface area contributed by atoms with Crippen molar-refractivity contribution in [3.63, 3.8) is 0 Å². The first kappa shape index (κ1) is 16.6. The van der Waals surface area contributed by atoms with Gasteiger partial charge in [-0.15, -0.1) is 0 Å². The highest BCUT2D eigenvalue weighted by Gasteiger charge is 2.55. The SMILES string of the molecule is CCc1nn(C2(N=C(OC)C3CCNCC3)CC2C)c2ccccc12. The Labute approximate surface area is 149 Å². The molecule has 4 rings (SSSR count). The van der Waals surface area contributed by atoms with Crippen molar-refractivity contribution in [3.8, 4) is 0 Å². The zero-order chi connectivity index (χ0) is 17.4. The molecule has 2 unspecified atom stereocenters. The predicted molar refractivity (Wildman–Crippen MR) is 101 cm³/mol. The van der Waals surface area contributed by atoms with Gasteiger partial charge in [-0.1, -0.05) is 32.0 Å². The largest absolute Gasteiger partial charge is 0.484 e. The van der Waals surface area contributed by atoms with Crippen LogP contribution in [-0.4, -0.2) is 35.9 Å². The molecule has 2 atom stereocenters. The zero-order valence-corrected chi connectivity index (χ0v) is 15.5. The van der Waals surface area contributed by atoms with E-state index in [0.29, 0.717) is 11.8 Å². The van der Waals surface area contributed by atoms with Gasteiger partial charge >= 0.3 is 0 Å². The summed E-state index contributed by atoms with van der Waals surface area (Å²) >= 11 is 0. The minimum atomic E-state index is -0.275. The number of aryl methyl sites for hydroxylation is 1. The molecule has 2 heterocycles. The molecule has 0 spiro atoms. The summed E-state index contributed by atoms with van der Waals surface area (Å²) in [7, 11) is 1.76. The van der Waals surface area contributed by atoms with Crippen LogP contribution in [0.2, 0.25) is 0 Å². The normalized spacial score (nSPS) is 27.6. The van der Waals surface area contributed by atoms with E-state index in [0.717, 1.165) is 50.4 Å². The van der Waals surface area contributed by atoms with Gasteiger partial charge in [0.1, 0.15) is 0 Å². The predicted octanol–water partition coefficient (Wildman–Crippen LogP) is 3.34. The molecule has 134 valence electrons. The molecule has 0 bridgehead atoms. The Hall–Kier alpha value is -1.88. The third-order valence-corrected chi connectivity index (χ3v) is 5.80. The minimum absolute atomic E-state index is 0.275. The van der Waals surface area contributed by atoms with Crippen LogP contribution >= 0.6 is 0 Å². The van der Waals surface area contributed by atoms with Crippen LogP contribution in [-0.2, 0) is 16.8 Å². The fraction of sp³-hybridized carbons (Fsp3) is 0.600. The number of methoxy groups -OCH3 is 1. The number of aliphatic imine (C=N–C) groups is 1. The van der Waals surface area contributed by atoms with E-state index in [1.54, 1.807) is 7.11 Å². The lowest BCUT2D eigenvalue weighted by Gasteiger charge is -2.25. The van der Waals surface area contributed by atoms with Crippen LogP contribution in [0.25, 0.3) is 10.9 Å². The highest BCUT2D eigenvalue weighted by atomic mass is 16.5. The maximum absolute atomic E-state index is 5.76. The lowest BCUT2D eigenvalue weighted by atomic mass is 9.98. The molecule has 1 saturated heterocycles. The second-order valence-corrected chi connectivity index (χ2v) is 7.39. The molecule has 2 aliphatic rings. The number of benzene rings is 1. The van der Waals surface area contributed by atoms with Crippen molar-refractivity contribution < 1.29 is 4.74 Å². The number of nitrogens with zero attached hydrogens (tertiary/aromatic N) is 3. The van der Waals surface area contributed by atoms with Crippen molar-refractivity contribution in [1.29, 1.82) is 0 Å². The van der Waals surface area contributed by atoms with Crippen LogP contribution in [0, 0.1) is 11.8 Å². The summed E-state index contributed by atoms with van der Waals surface area (Å²) in [6.45, 7) is 6.52. The molecule has 2 fully saturated rings. The molecule has 1 saturated carbocycles. The van der Waals surface area contributed by atoms with Gasteiger partial charge in [0.2, 0.25) is 0 Å². The topological polar surface area (TPSA) is 51.4 Å². The van der Waals surface area contributed by atoms with Gasteiger partial charge in [-0.3, -0.25) is 0 Å². The summed E-state index contributed by atoms with van der Waals surface area (Å²) in [5, 5.41) is 9.64. The van der Waals surface area contributed by atoms with E-state index in [4.69, 9.17) is 14.8 Å². The van der Waals surface area contributed by atoms with Gasteiger partial charge in [0.25, 0.3) is 0 Å². The second-order valence-electron chi connectivity index (χ2n) is 7.39. The van der Waals surface area contributed by atoms with Crippen molar-refractivity contribution in [3.05, 3.63) is 30.0 Å². The Kier molecular flexibility index (Phi) is 4.28. The Bertz CT molecular complexity index is 790. The molecule has 25 heavy (non-hydrogen) atoms. The number of para-hydroxylation sites is 1. The highest BCUT2D eigenvalue weighted by Crippen LogP contribution is 2.53. The van der Waals surface area contributed by atoms with Gasteiger partial charge in [-0.25, -0.2) is 9.67 Å². The summed E-state index contributed by atoms with van der Waals surface area (Å²) < 4.78 is 7.93. The van der Waals surface area contributed by atoms with Crippen molar-refractivity contribution >= 4 is 16.8 Å². The van der Waals surface area contributed by atoms with E-state index in [-0.39, 0.29) is 5.66 Å². The van der Waals surface area contributed by atoms with Crippen molar-refractivity contribution in [2.24, 2.45) is 16.8 Å². The van der Waals surface area contributed by atoms with Gasteiger partial charge in [-0.05, 0) is 44.8 Å². The smallest absolute Gasteiger partial charge is 0.188 e. The third kappa shape index (κ3) is 2.74. The minimum Gasteiger partial charge on any atom is -0.484 e. The number of rotatable bonds is 4. The van der Waals surface area contributed by atoms with E-state index < -0.39 is 0 Å². The van der Waals surface area contributed by atoms with E-state index >= 15 is 0 Å². The number of hydrogen-bond donors (Lipinski definition) is 1. The number of fused-ring (bicyclic) bond motifs is 1. The molecule has 1 aromatic carbocycles. The molecular weight excluding hydrogens is 312 g/mol. The average molecular weight is 340 g/mol. The molecule has 1 aromatic heterocycles. The molecule has 1 aliphatic carbocycles. The summed E-state index contributed by atoms with van der Waals surface area (Å²) in [4.78, 5) is 5.18. The summed E-state index contributed by atoms with van der Waals surface area (Å²) in [5.74, 6) is 1.80. The van der Waals surface area contributed by atoms with Crippen LogP contribution in [0.4, 0.5) is 0 Å². The number of aromatic nitrogens is 2. The molecular formula is C20H28N4O. The van der Waals surface area contributed by atoms with Crippen molar-refractivity contribution in [2.75, 3.05) is 20.2 Å². The Balaban J connectivity index is 1.78. The van der Waals surface area contributed by atoms with Crippen LogP contribution in [0.15, 0.2) is 29.3 Å². The standard InChI is InChI=1S/C20H28N4O/c1-4-17-16-7-5-6-8-18(16)24(23-17)20(13-14(20)2)22-19(25-3)15-9-11-21-12-10-15/h5-8,14-15,21H,4,9-13H2,1-3H3. The molecule has 5 nitrogen and oxygen atoms in total. The van der Waals surface area contributed by atoms with Gasteiger partial charge in [-0.2, -0.15) is 5.10 Å². The second kappa shape index (κ2) is 6.45. The van der Waals surface area contributed by atoms with Crippen LogP contribution < -0.4 is 5.32 Å². The maximum atomic E-state index is 5.76. The average Bonchev–Trinajstić information content (AvgIpc) is 3.15. The van der Waals surface area contributed by atoms with Crippen molar-refractivity contribution in [2.45, 2.75) is 45.2 Å². The Morgan fingerprint density at radius 1 is 1.36 bits per heavy atom. The quantitative estimate of drug-likeness (QED) is 0.686. The summed E-state index contributed by atoms with van der Waals surface area (Å²) in [6, 6.07) is 8.52. The molecule has 1 aliphatic heterocycles. The summed E-state index contributed by atoms with van der Waals surface area (Å²) in [6.07, 6.45) is 4.15. The van der Waals surface area contributed by atoms with E-state index in [1.807, 2.05) is 0 Å². The molecule has 2 aromatic rings. The van der Waals surface area contributed by atoms with Crippen LogP contribution in [0.3, 0.4) is 0 Å². The first-order valence-electron chi connectivity index (χ1n) is 9.51. The number of ether oxygens (including phenoxy) is 1. The van der Waals surface area contributed by atoms with E-state index in [1.165, 1.54) is 10.9 Å². The number of hydrogen-bond acceptors (Lipinski definition) is 4. The lowest BCUT2D eigenvalue weighted by molar-refractivity contribution is 0.315. The van der Waals surface area contributed by atoms with E-state index in [9.17, 15) is 0 Å². The first-order valence-corrected chi connectivity index (χ1v) is 9.51. The highest BCUT2D eigenvalue weighted by molar-refractivity contribution is 5.83. The van der Waals surface area contributed by atoms with Gasteiger partial charge in [0.05, 0.1) is 18.3 Å². The number of nitrogens with one attached hydrogen (secondary N) is 1. The van der Waals surface area contributed by atoms with E-state index in [2.05, 4.69) is 48.1 Å². The van der Waals surface area contributed by atoms with Gasteiger partial charge in [0.15, 0.2) is 11.6 Å². The lowest BCUT2D eigenvalue weighted by Crippen LogP contribution is -2.34. The maximum Gasteiger partial charge on any atom is 0.188 e. The summed E-state index contributed by atoms with van der Waals surface area (Å²) in [5.41, 5.74) is 2.07. The molecule has 5 heteroatoms. The Morgan fingerprint density at radius 3 is 2.72 bits per heavy atom. The molecule has 0 radical (unpaired) electrons. The monoisotopic (exact) mass is 340 g/mol. The zero-order valence-electron chi connectivity index (χ0n) is 15.5. The van der Waals surface area contributed by atoms with Crippen LogP contribution in [0.1, 0.15) is 38.8 Å². The van der Waals surface area contributed by atoms with Gasteiger partial charge < -0.3 is 10.1 Å². The molecule has 1 N–H and O–H groups in total. The fourth-order valence-electron chi connectivity index (χ4n) is 4.14. The third-order valence-electron chi connectivity index (χ3n) is 5.80. The van der Waals surface area contributed by atoms with Gasteiger partial charge in [0, 0.05) is 17.2 Å². The Morgan fingerprint density at radius 2 is 2.08 bits per heavy atom. The van der Waals surface area contributed by atoms with Crippen LogP contribution in [0.5, 0.6) is 0 Å². The van der Waals surface area contributed by atoms with Crippen molar-refractivity contribution in [1.82, 2.24) is 15.1 Å². The fourth-order valence-corrected chi connectivity index (χ4v) is 4.14.